The van der Waals surface area contributed by atoms with Crippen molar-refractivity contribution < 1.29 is 4.74 Å². The number of nitrogens with zero attached hydrogens (tertiary/aromatic N) is 1. The molecule has 0 saturated carbocycles. The van der Waals surface area contributed by atoms with Gasteiger partial charge in [0.15, 0.2) is 0 Å². The third-order valence-corrected chi connectivity index (χ3v) is 3.54. The topological polar surface area (TPSA) is 15.8 Å². The van der Waals surface area contributed by atoms with Crippen molar-refractivity contribution in [3.05, 3.63) is 0 Å². The van der Waals surface area contributed by atoms with Gasteiger partial charge in [-0.15, -0.1) is 0 Å². The molecule has 2 fully saturated rings. The molecule has 2 heterocycles. The molecule has 2 saturated heterocycles. The fraction of sp³-hybridized carbons (Fsp3) is 1.00. The molecule has 0 aromatic rings. The van der Waals surface area contributed by atoms with Crippen molar-refractivity contribution in [3.8, 4) is 0 Å². The monoisotopic (exact) mass is 173 g/mol. The van der Waals surface area contributed by atoms with E-state index < -0.39 is 0 Å². The molecule has 0 N–H and O–H groups in total. The zero-order chi connectivity index (χ0) is 7.68. The van der Waals surface area contributed by atoms with Gasteiger partial charge in [-0.05, 0) is 6.92 Å². The van der Waals surface area contributed by atoms with Crippen LogP contribution in [0.1, 0.15) is 6.92 Å². The Bertz CT molecular complexity index is 138. The van der Waals surface area contributed by atoms with Gasteiger partial charge in [-0.2, -0.15) is 11.8 Å². The van der Waals surface area contributed by atoms with Crippen molar-refractivity contribution in [2.45, 2.75) is 19.1 Å². The predicted molar refractivity (Wildman–Crippen MR) is 48.1 cm³/mol. The number of rotatable bonds is 2. The van der Waals surface area contributed by atoms with Crippen LogP contribution in [0.25, 0.3) is 0 Å². The molecule has 64 valence electrons. The minimum absolute atomic E-state index is 0.570. The molecule has 0 aromatic heterocycles. The molecule has 2 aliphatic heterocycles. The first-order chi connectivity index (χ1) is 5.36. The molecule has 3 heteroatoms. The van der Waals surface area contributed by atoms with Gasteiger partial charge in [-0.3, -0.25) is 4.90 Å². The van der Waals surface area contributed by atoms with E-state index in [9.17, 15) is 0 Å². The zero-order valence-corrected chi connectivity index (χ0v) is 7.77. The quantitative estimate of drug-likeness (QED) is 0.575. The summed E-state index contributed by atoms with van der Waals surface area (Å²) in [7, 11) is 0. The molecule has 2 nitrogen and oxygen atoms in total. The van der Waals surface area contributed by atoms with Gasteiger partial charge < -0.3 is 4.74 Å². The fourth-order valence-corrected chi connectivity index (χ4v) is 2.55. The molecule has 2 unspecified atom stereocenters. The van der Waals surface area contributed by atoms with E-state index in [0.717, 1.165) is 12.6 Å². The lowest BCUT2D eigenvalue weighted by Crippen LogP contribution is -2.42. The number of thioether (sulfide) groups is 1. The second-order valence-corrected chi connectivity index (χ2v) is 4.52. The summed E-state index contributed by atoms with van der Waals surface area (Å²) in [6.07, 6.45) is 0.570. The Morgan fingerprint density at radius 2 is 2.45 bits per heavy atom. The molecular weight excluding hydrogens is 158 g/mol. The lowest BCUT2D eigenvalue weighted by molar-refractivity contribution is 0.208. The maximum Gasteiger partial charge on any atom is 0.0936 e. The molecule has 0 bridgehead atoms. The Hall–Kier alpha value is 0.270. The first-order valence-electron chi connectivity index (χ1n) is 4.29. The SMILES string of the molecule is CC1CSCCN1CC1CO1. The number of ether oxygens (including phenoxy) is 1. The van der Waals surface area contributed by atoms with E-state index in [2.05, 4.69) is 23.6 Å². The molecule has 2 rings (SSSR count). The second kappa shape index (κ2) is 3.33. The summed E-state index contributed by atoms with van der Waals surface area (Å²) in [5.41, 5.74) is 0. The highest BCUT2D eigenvalue weighted by atomic mass is 32.2. The van der Waals surface area contributed by atoms with Gasteiger partial charge in [0.1, 0.15) is 0 Å². The smallest absolute Gasteiger partial charge is 0.0936 e. The van der Waals surface area contributed by atoms with Crippen LogP contribution in [0.5, 0.6) is 0 Å². The van der Waals surface area contributed by atoms with Gasteiger partial charge in [0.05, 0.1) is 12.7 Å². The fourth-order valence-electron chi connectivity index (χ4n) is 1.47. The van der Waals surface area contributed by atoms with Gasteiger partial charge >= 0.3 is 0 Å². The first-order valence-corrected chi connectivity index (χ1v) is 5.45. The largest absolute Gasteiger partial charge is 0.372 e. The minimum Gasteiger partial charge on any atom is -0.372 e. The Morgan fingerprint density at radius 3 is 3.09 bits per heavy atom. The highest BCUT2D eigenvalue weighted by molar-refractivity contribution is 7.99. The summed E-state index contributed by atoms with van der Waals surface area (Å²) in [4.78, 5) is 2.55. The van der Waals surface area contributed by atoms with E-state index in [0.29, 0.717) is 6.10 Å². The van der Waals surface area contributed by atoms with Gasteiger partial charge in [-0.25, -0.2) is 0 Å². The van der Waals surface area contributed by atoms with Crippen LogP contribution in [0.15, 0.2) is 0 Å². The zero-order valence-electron chi connectivity index (χ0n) is 6.95. The molecular formula is C8H15NOS. The Morgan fingerprint density at radius 1 is 1.64 bits per heavy atom. The van der Waals surface area contributed by atoms with Crippen molar-refractivity contribution in [2.75, 3.05) is 31.2 Å². The first kappa shape index (κ1) is 7.90. The molecule has 2 atom stereocenters. The molecule has 0 spiro atoms. The van der Waals surface area contributed by atoms with Crippen molar-refractivity contribution in [1.29, 1.82) is 0 Å². The third-order valence-electron chi connectivity index (χ3n) is 2.35. The summed E-state index contributed by atoms with van der Waals surface area (Å²) < 4.78 is 5.21. The highest BCUT2D eigenvalue weighted by Crippen LogP contribution is 2.19. The summed E-state index contributed by atoms with van der Waals surface area (Å²) in [5.74, 6) is 2.60. The van der Waals surface area contributed by atoms with Crippen molar-refractivity contribution in [2.24, 2.45) is 0 Å². The molecule has 0 amide bonds. The van der Waals surface area contributed by atoms with E-state index in [4.69, 9.17) is 4.74 Å². The van der Waals surface area contributed by atoms with Crippen molar-refractivity contribution in [1.82, 2.24) is 4.90 Å². The normalized spacial score (nSPS) is 39.0. The van der Waals surface area contributed by atoms with E-state index in [1.807, 2.05) is 0 Å². The Balaban J connectivity index is 1.78. The van der Waals surface area contributed by atoms with Gasteiger partial charge in [0.25, 0.3) is 0 Å². The average molecular weight is 173 g/mol. The van der Waals surface area contributed by atoms with Crippen LogP contribution in [-0.2, 0) is 4.74 Å². The predicted octanol–water partition coefficient (Wildman–Crippen LogP) is 0.823. The van der Waals surface area contributed by atoms with Crippen LogP contribution in [-0.4, -0.2) is 48.2 Å². The Labute approximate surface area is 72.3 Å². The molecule has 0 aliphatic carbocycles. The number of epoxide rings is 1. The van der Waals surface area contributed by atoms with E-state index in [1.165, 1.54) is 24.6 Å². The maximum absolute atomic E-state index is 5.21. The Kier molecular flexibility index (Phi) is 2.39. The molecule has 0 aromatic carbocycles. The van der Waals surface area contributed by atoms with Crippen molar-refractivity contribution in [3.63, 3.8) is 0 Å². The van der Waals surface area contributed by atoms with E-state index in [-0.39, 0.29) is 0 Å². The van der Waals surface area contributed by atoms with Crippen LogP contribution in [0.2, 0.25) is 0 Å². The van der Waals surface area contributed by atoms with Crippen LogP contribution in [0.4, 0.5) is 0 Å². The van der Waals surface area contributed by atoms with E-state index in [1.54, 1.807) is 0 Å². The minimum atomic E-state index is 0.570. The average Bonchev–Trinajstić information content (AvgIpc) is 2.78. The lowest BCUT2D eigenvalue weighted by atomic mass is 10.3. The number of hydrogen-bond acceptors (Lipinski definition) is 3. The molecule has 0 radical (unpaired) electrons. The second-order valence-electron chi connectivity index (χ2n) is 3.37. The summed E-state index contributed by atoms with van der Waals surface area (Å²) in [6, 6.07) is 0.762. The third kappa shape index (κ3) is 2.10. The van der Waals surface area contributed by atoms with E-state index >= 15 is 0 Å². The standard InChI is InChI=1S/C8H15NOS/c1-7-6-11-3-2-9(7)4-8-5-10-8/h7-8H,2-6H2,1H3. The maximum atomic E-state index is 5.21. The summed E-state index contributed by atoms with van der Waals surface area (Å²) in [6.45, 7) is 5.73. The summed E-state index contributed by atoms with van der Waals surface area (Å²) in [5, 5.41) is 0. The summed E-state index contributed by atoms with van der Waals surface area (Å²) >= 11 is 2.07. The highest BCUT2D eigenvalue weighted by Gasteiger charge is 2.28. The lowest BCUT2D eigenvalue weighted by Gasteiger charge is -2.32. The molecule has 2 aliphatic rings. The van der Waals surface area contributed by atoms with Gasteiger partial charge in [-0.1, -0.05) is 0 Å². The van der Waals surface area contributed by atoms with Crippen molar-refractivity contribution >= 4 is 11.8 Å². The van der Waals surface area contributed by atoms with Crippen LogP contribution in [0.3, 0.4) is 0 Å². The van der Waals surface area contributed by atoms with Gasteiger partial charge in [0, 0.05) is 30.6 Å². The molecule has 11 heavy (non-hydrogen) atoms. The van der Waals surface area contributed by atoms with Crippen LogP contribution < -0.4 is 0 Å². The van der Waals surface area contributed by atoms with Gasteiger partial charge in [0.2, 0.25) is 0 Å². The van der Waals surface area contributed by atoms with Crippen LogP contribution >= 0.6 is 11.8 Å². The number of hydrogen-bond donors (Lipinski definition) is 0. The van der Waals surface area contributed by atoms with Crippen LogP contribution in [0, 0.1) is 0 Å².